The average molecular weight is 378 g/mol. The fraction of sp³-hybridized carbons (Fsp3) is 0.600. The average Bonchev–Trinajstić information content (AvgIpc) is 2.64. The lowest BCUT2D eigenvalue weighted by atomic mass is 10.0. The van der Waals surface area contributed by atoms with Gasteiger partial charge in [-0.15, -0.1) is 0 Å². The Hall–Kier alpha value is -2.44. The topological polar surface area (TPSA) is 77.1 Å². The van der Waals surface area contributed by atoms with Crippen molar-refractivity contribution >= 4 is 11.8 Å². The number of rotatable bonds is 8. The van der Waals surface area contributed by atoms with E-state index in [4.69, 9.17) is 14.2 Å². The van der Waals surface area contributed by atoms with Gasteiger partial charge in [0.05, 0.1) is 19.8 Å². The largest absolute Gasteiger partial charge is 0.490 e. The molecule has 1 N–H and O–H groups in total. The van der Waals surface area contributed by atoms with E-state index in [1.807, 2.05) is 20.8 Å². The molecule has 0 aromatic heterocycles. The van der Waals surface area contributed by atoms with Crippen LogP contribution in [0.5, 0.6) is 17.2 Å². The van der Waals surface area contributed by atoms with E-state index in [-0.39, 0.29) is 17.9 Å². The van der Waals surface area contributed by atoms with Gasteiger partial charge in [0.1, 0.15) is 0 Å². The van der Waals surface area contributed by atoms with Crippen LogP contribution >= 0.6 is 0 Å². The summed E-state index contributed by atoms with van der Waals surface area (Å²) in [6.45, 7) is 9.79. The molecule has 0 aliphatic carbocycles. The molecule has 7 heteroatoms. The summed E-state index contributed by atoms with van der Waals surface area (Å²) in [7, 11) is 0. The molecule has 2 rings (SSSR count). The highest BCUT2D eigenvalue weighted by molar-refractivity contribution is 5.95. The molecule has 7 nitrogen and oxygen atoms in total. The van der Waals surface area contributed by atoms with Crippen LogP contribution in [0.15, 0.2) is 12.1 Å². The lowest BCUT2D eigenvalue weighted by molar-refractivity contribution is -0.119. The van der Waals surface area contributed by atoms with E-state index in [9.17, 15) is 9.59 Å². The molecule has 1 aromatic carbocycles. The van der Waals surface area contributed by atoms with E-state index in [0.29, 0.717) is 55.7 Å². The predicted octanol–water partition coefficient (Wildman–Crippen LogP) is 2.62. The van der Waals surface area contributed by atoms with Crippen LogP contribution in [-0.4, -0.2) is 55.7 Å². The van der Waals surface area contributed by atoms with Gasteiger partial charge in [0.25, 0.3) is 5.91 Å². The van der Waals surface area contributed by atoms with Gasteiger partial charge in [-0.2, -0.15) is 0 Å². The molecule has 1 aliphatic heterocycles. The van der Waals surface area contributed by atoms with Crippen molar-refractivity contribution in [3.63, 3.8) is 0 Å². The Balaban J connectivity index is 2.21. The summed E-state index contributed by atoms with van der Waals surface area (Å²) in [5.41, 5.74) is 0.517. The zero-order valence-corrected chi connectivity index (χ0v) is 16.7. The SMILES string of the molecule is CCOc1cc(C(=O)N2CCC(NC(C)=O)CC2)cc(OCC)c1OCC. The molecular weight excluding hydrogens is 348 g/mol. The van der Waals surface area contributed by atoms with Crippen LogP contribution in [0, 0.1) is 0 Å². The first-order chi connectivity index (χ1) is 13.0. The standard InChI is InChI=1S/C20H30N2O5/c1-5-25-17-12-15(13-18(26-6-2)19(17)27-7-3)20(24)22-10-8-16(9-11-22)21-14(4)23/h12-13,16H,5-11H2,1-4H3,(H,21,23). The highest BCUT2D eigenvalue weighted by Gasteiger charge is 2.26. The third kappa shape index (κ3) is 5.52. The van der Waals surface area contributed by atoms with Crippen LogP contribution in [0.2, 0.25) is 0 Å². The highest BCUT2D eigenvalue weighted by atomic mass is 16.5. The minimum atomic E-state index is -0.0683. The number of carbonyl (C=O) groups is 2. The van der Waals surface area contributed by atoms with Crippen molar-refractivity contribution in [3.05, 3.63) is 17.7 Å². The molecule has 1 saturated heterocycles. The Morgan fingerprint density at radius 2 is 1.52 bits per heavy atom. The summed E-state index contributed by atoms with van der Waals surface area (Å²) in [4.78, 5) is 26.0. The second kappa shape index (κ2) is 10.0. The first-order valence-corrected chi connectivity index (χ1v) is 9.62. The predicted molar refractivity (Wildman–Crippen MR) is 103 cm³/mol. The Morgan fingerprint density at radius 1 is 1.00 bits per heavy atom. The van der Waals surface area contributed by atoms with Crippen LogP contribution < -0.4 is 19.5 Å². The maximum Gasteiger partial charge on any atom is 0.254 e. The molecule has 0 radical (unpaired) electrons. The molecule has 0 bridgehead atoms. The van der Waals surface area contributed by atoms with Crippen LogP contribution in [0.1, 0.15) is 50.9 Å². The first kappa shape index (κ1) is 20.9. The van der Waals surface area contributed by atoms with Gasteiger partial charge in [-0.3, -0.25) is 9.59 Å². The van der Waals surface area contributed by atoms with Crippen molar-refractivity contribution in [3.8, 4) is 17.2 Å². The van der Waals surface area contributed by atoms with Gasteiger partial charge in [-0.25, -0.2) is 0 Å². The number of benzene rings is 1. The van der Waals surface area contributed by atoms with E-state index in [1.54, 1.807) is 17.0 Å². The van der Waals surface area contributed by atoms with E-state index in [2.05, 4.69) is 5.32 Å². The van der Waals surface area contributed by atoms with Gasteiger partial charge < -0.3 is 24.4 Å². The molecule has 0 unspecified atom stereocenters. The second-order valence-corrected chi connectivity index (χ2v) is 6.37. The third-order valence-electron chi connectivity index (χ3n) is 4.35. The molecule has 1 aromatic rings. The zero-order valence-electron chi connectivity index (χ0n) is 16.7. The molecule has 0 atom stereocenters. The first-order valence-electron chi connectivity index (χ1n) is 9.62. The lowest BCUT2D eigenvalue weighted by Crippen LogP contribution is -2.46. The molecule has 1 heterocycles. The monoisotopic (exact) mass is 378 g/mol. The Kier molecular flexibility index (Phi) is 7.76. The molecular formula is C20H30N2O5. The maximum atomic E-state index is 13.0. The van der Waals surface area contributed by atoms with E-state index in [0.717, 1.165) is 12.8 Å². The second-order valence-electron chi connectivity index (χ2n) is 6.37. The molecule has 27 heavy (non-hydrogen) atoms. The zero-order chi connectivity index (χ0) is 19.8. The van der Waals surface area contributed by atoms with Gasteiger partial charge in [0.15, 0.2) is 11.5 Å². The highest BCUT2D eigenvalue weighted by Crippen LogP contribution is 2.39. The maximum absolute atomic E-state index is 13.0. The van der Waals surface area contributed by atoms with Crippen molar-refractivity contribution in [2.24, 2.45) is 0 Å². The molecule has 0 spiro atoms. The van der Waals surface area contributed by atoms with Gasteiger partial charge >= 0.3 is 0 Å². The lowest BCUT2D eigenvalue weighted by Gasteiger charge is -2.32. The summed E-state index contributed by atoms with van der Waals surface area (Å²) in [6.07, 6.45) is 1.50. The summed E-state index contributed by atoms with van der Waals surface area (Å²) in [5, 5.41) is 2.92. The Morgan fingerprint density at radius 3 is 1.96 bits per heavy atom. The van der Waals surface area contributed by atoms with Crippen molar-refractivity contribution < 1.29 is 23.8 Å². The number of carbonyl (C=O) groups excluding carboxylic acids is 2. The van der Waals surface area contributed by atoms with Crippen molar-refractivity contribution in [2.75, 3.05) is 32.9 Å². The smallest absolute Gasteiger partial charge is 0.254 e. The number of nitrogens with zero attached hydrogens (tertiary/aromatic N) is 1. The van der Waals surface area contributed by atoms with Crippen LogP contribution in [-0.2, 0) is 4.79 Å². The number of ether oxygens (including phenoxy) is 3. The van der Waals surface area contributed by atoms with Crippen molar-refractivity contribution in [1.82, 2.24) is 10.2 Å². The van der Waals surface area contributed by atoms with Gasteiger partial charge in [-0.1, -0.05) is 0 Å². The van der Waals surface area contributed by atoms with E-state index in [1.165, 1.54) is 6.92 Å². The number of nitrogens with one attached hydrogen (secondary N) is 1. The quantitative estimate of drug-likeness (QED) is 0.752. The van der Waals surface area contributed by atoms with E-state index >= 15 is 0 Å². The molecule has 1 fully saturated rings. The van der Waals surface area contributed by atoms with E-state index < -0.39 is 0 Å². The van der Waals surface area contributed by atoms with Crippen LogP contribution in [0.4, 0.5) is 0 Å². The van der Waals surface area contributed by atoms with Crippen LogP contribution in [0.3, 0.4) is 0 Å². The summed E-state index contributed by atoms with van der Waals surface area (Å²) in [6, 6.07) is 3.57. The fourth-order valence-electron chi connectivity index (χ4n) is 3.21. The number of piperidine rings is 1. The fourth-order valence-corrected chi connectivity index (χ4v) is 3.21. The van der Waals surface area contributed by atoms with Crippen LogP contribution in [0.25, 0.3) is 0 Å². The summed E-state index contributed by atoms with van der Waals surface area (Å²) in [5.74, 6) is 1.46. The number of hydrogen-bond acceptors (Lipinski definition) is 5. The minimum Gasteiger partial charge on any atom is -0.490 e. The van der Waals surface area contributed by atoms with Gasteiger partial charge in [0, 0.05) is 31.6 Å². The Labute approximate surface area is 161 Å². The number of likely N-dealkylation sites (tertiary alicyclic amines) is 1. The third-order valence-corrected chi connectivity index (χ3v) is 4.35. The Bertz CT molecular complexity index is 627. The molecule has 0 saturated carbocycles. The normalized spacial score (nSPS) is 14.6. The molecule has 1 aliphatic rings. The molecule has 2 amide bonds. The number of amides is 2. The summed E-state index contributed by atoms with van der Waals surface area (Å²) < 4.78 is 17.1. The van der Waals surface area contributed by atoms with Gasteiger partial charge in [-0.05, 0) is 45.7 Å². The minimum absolute atomic E-state index is 0.0333. The van der Waals surface area contributed by atoms with Crippen molar-refractivity contribution in [2.45, 2.75) is 46.6 Å². The van der Waals surface area contributed by atoms with Gasteiger partial charge in [0.2, 0.25) is 11.7 Å². The summed E-state index contributed by atoms with van der Waals surface area (Å²) >= 11 is 0. The van der Waals surface area contributed by atoms with Crippen molar-refractivity contribution in [1.29, 1.82) is 0 Å². The number of hydrogen-bond donors (Lipinski definition) is 1. The molecule has 150 valence electrons.